The van der Waals surface area contributed by atoms with Gasteiger partial charge in [-0.05, 0) is 24.5 Å². The Bertz CT molecular complexity index is 508. The molecule has 1 aromatic carbocycles. The van der Waals surface area contributed by atoms with E-state index in [4.69, 9.17) is 0 Å². The van der Waals surface area contributed by atoms with E-state index in [2.05, 4.69) is 4.72 Å². The van der Waals surface area contributed by atoms with Crippen LogP contribution < -0.4 is 4.72 Å². The molecule has 0 spiro atoms. The molecular formula is C11H16N2O4S. The van der Waals surface area contributed by atoms with Gasteiger partial charge in [-0.25, -0.2) is 13.1 Å². The molecule has 0 bridgehead atoms. The highest BCUT2D eigenvalue weighted by Gasteiger charge is 2.15. The molecule has 0 radical (unpaired) electrons. The Labute approximate surface area is 106 Å². The van der Waals surface area contributed by atoms with Crippen LogP contribution in [0.1, 0.15) is 20.3 Å². The van der Waals surface area contributed by atoms with Crippen molar-refractivity contribution in [1.29, 1.82) is 0 Å². The van der Waals surface area contributed by atoms with Crippen molar-refractivity contribution in [3.8, 4) is 0 Å². The molecule has 0 aliphatic heterocycles. The van der Waals surface area contributed by atoms with Crippen LogP contribution in [0.15, 0.2) is 29.2 Å². The van der Waals surface area contributed by atoms with E-state index in [0.29, 0.717) is 12.5 Å². The van der Waals surface area contributed by atoms with E-state index < -0.39 is 14.9 Å². The summed E-state index contributed by atoms with van der Waals surface area (Å²) in [6.07, 6.45) is 0.742. The third-order valence-electron chi connectivity index (χ3n) is 2.37. The number of nitro benzene ring substituents is 1. The lowest BCUT2D eigenvalue weighted by molar-refractivity contribution is -0.384. The lowest BCUT2D eigenvalue weighted by atomic mass is 10.1. The van der Waals surface area contributed by atoms with Gasteiger partial charge in [-0.3, -0.25) is 10.1 Å². The van der Waals surface area contributed by atoms with Gasteiger partial charge in [-0.15, -0.1) is 0 Å². The van der Waals surface area contributed by atoms with Crippen molar-refractivity contribution in [3.05, 3.63) is 34.4 Å². The van der Waals surface area contributed by atoms with E-state index >= 15 is 0 Å². The maximum Gasteiger partial charge on any atom is 0.269 e. The number of hydrogen-bond donors (Lipinski definition) is 1. The monoisotopic (exact) mass is 272 g/mol. The second-order valence-corrected chi connectivity index (χ2v) is 6.10. The summed E-state index contributed by atoms with van der Waals surface area (Å²) < 4.78 is 26.1. The first-order valence-corrected chi connectivity index (χ1v) is 7.05. The molecule has 0 unspecified atom stereocenters. The molecule has 0 saturated carbocycles. The summed E-state index contributed by atoms with van der Waals surface area (Å²) in [5.74, 6) is 0.407. The Morgan fingerprint density at radius 1 is 1.28 bits per heavy atom. The van der Waals surface area contributed by atoms with E-state index in [1.165, 1.54) is 24.3 Å². The molecule has 7 heteroatoms. The molecule has 1 N–H and O–H groups in total. The fourth-order valence-corrected chi connectivity index (χ4v) is 2.36. The van der Waals surface area contributed by atoms with Gasteiger partial charge in [-0.2, -0.15) is 0 Å². The largest absolute Gasteiger partial charge is 0.269 e. The average Bonchev–Trinajstić information content (AvgIpc) is 2.28. The van der Waals surface area contributed by atoms with Gasteiger partial charge >= 0.3 is 0 Å². The average molecular weight is 272 g/mol. The third-order valence-corrected chi connectivity index (χ3v) is 3.85. The second-order valence-electron chi connectivity index (χ2n) is 4.33. The fourth-order valence-electron chi connectivity index (χ4n) is 1.31. The predicted molar refractivity (Wildman–Crippen MR) is 67.7 cm³/mol. The van der Waals surface area contributed by atoms with Crippen LogP contribution >= 0.6 is 0 Å². The van der Waals surface area contributed by atoms with Crippen LogP contribution in [0.3, 0.4) is 0 Å². The Morgan fingerprint density at radius 2 is 1.83 bits per heavy atom. The smallest absolute Gasteiger partial charge is 0.258 e. The van der Waals surface area contributed by atoms with Crippen molar-refractivity contribution in [2.75, 3.05) is 6.54 Å². The van der Waals surface area contributed by atoms with Crippen LogP contribution in [-0.4, -0.2) is 19.9 Å². The highest BCUT2D eigenvalue weighted by atomic mass is 32.2. The Morgan fingerprint density at radius 3 is 2.28 bits per heavy atom. The molecule has 0 atom stereocenters. The van der Waals surface area contributed by atoms with Crippen molar-refractivity contribution < 1.29 is 13.3 Å². The van der Waals surface area contributed by atoms with Gasteiger partial charge in [0.15, 0.2) is 0 Å². The summed E-state index contributed by atoms with van der Waals surface area (Å²) in [5, 5.41) is 10.4. The van der Waals surface area contributed by atoms with Crippen molar-refractivity contribution in [3.63, 3.8) is 0 Å². The van der Waals surface area contributed by atoms with Crippen molar-refractivity contribution in [2.45, 2.75) is 25.2 Å². The van der Waals surface area contributed by atoms with Crippen LogP contribution in [0.2, 0.25) is 0 Å². The maximum atomic E-state index is 11.8. The summed E-state index contributed by atoms with van der Waals surface area (Å²) in [7, 11) is -3.57. The Hall–Kier alpha value is -1.47. The minimum Gasteiger partial charge on any atom is -0.258 e. The number of non-ortho nitro benzene ring substituents is 1. The third kappa shape index (κ3) is 4.08. The molecule has 0 aliphatic rings. The molecule has 0 heterocycles. The Balaban J connectivity index is 2.76. The molecule has 1 aromatic rings. The van der Waals surface area contributed by atoms with E-state index in [1.54, 1.807) is 0 Å². The fraction of sp³-hybridized carbons (Fsp3) is 0.455. The highest BCUT2D eigenvalue weighted by molar-refractivity contribution is 7.89. The summed E-state index contributed by atoms with van der Waals surface area (Å²) >= 11 is 0. The van der Waals surface area contributed by atoms with Crippen LogP contribution in [-0.2, 0) is 10.0 Å². The second kappa shape index (κ2) is 5.92. The first-order chi connectivity index (χ1) is 8.33. The van der Waals surface area contributed by atoms with Crippen LogP contribution in [0.5, 0.6) is 0 Å². The number of nitro groups is 1. The highest BCUT2D eigenvalue weighted by Crippen LogP contribution is 2.15. The van der Waals surface area contributed by atoms with Gasteiger partial charge in [0.1, 0.15) is 0 Å². The summed E-state index contributed by atoms with van der Waals surface area (Å²) in [6, 6.07) is 4.82. The minimum absolute atomic E-state index is 0.0388. The van der Waals surface area contributed by atoms with Crippen molar-refractivity contribution >= 4 is 15.7 Å². The minimum atomic E-state index is -3.57. The number of benzene rings is 1. The van der Waals surface area contributed by atoms with E-state index in [-0.39, 0.29) is 10.6 Å². The Kier molecular flexibility index (Phi) is 4.80. The normalized spacial score (nSPS) is 11.7. The topological polar surface area (TPSA) is 89.3 Å². The zero-order valence-corrected chi connectivity index (χ0v) is 11.1. The van der Waals surface area contributed by atoms with Crippen LogP contribution in [0.4, 0.5) is 5.69 Å². The zero-order valence-electron chi connectivity index (χ0n) is 10.3. The van der Waals surface area contributed by atoms with Gasteiger partial charge < -0.3 is 0 Å². The lowest BCUT2D eigenvalue weighted by Crippen LogP contribution is -2.25. The van der Waals surface area contributed by atoms with Gasteiger partial charge in [0.2, 0.25) is 10.0 Å². The quantitative estimate of drug-likeness (QED) is 0.632. The summed E-state index contributed by atoms with van der Waals surface area (Å²) in [5.41, 5.74) is -0.129. The molecule has 0 aromatic heterocycles. The number of nitrogens with zero attached hydrogens (tertiary/aromatic N) is 1. The number of sulfonamides is 1. The molecular weight excluding hydrogens is 256 g/mol. The standard InChI is InChI=1S/C11H16N2O4S/c1-9(2)7-8-12-18(16,17)11-5-3-10(4-6-11)13(14)15/h3-6,9,12H,7-8H2,1-2H3. The molecule has 0 aliphatic carbocycles. The van der Waals surface area contributed by atoms with Crippen molar-refractivity contribution in [1.82, 2.24) is 4.72 Å². The van der Waals surface area contributed by atoms with E-state index in [0.717, 1.165) is 6.42 Å². The van der Waals surface area contributed by atoms with E-state index in [1.807, 2.05) is 13.8 Å². The molecule has 6 nitrogen and oxygen atoms in total. The number of rotatable bonds is 6. The van der Waals surface area contributed by atoms with Gasteiger partial charge in [0.25, 0.3) is 5.69 Å². The zero-order chi connectivity index (χ0) is 13.8. The first kappa shape index (κ1) is 14.6. The van der Waals surface area contributed by atoms with Gasteiger partial charge in [0, 0.05) is 18.7 Å². The predicted octanol–water partition coefficient (Wildman–Crippen LogP) is 1.92. The van der Waals surface area contributed by atoms with Gasteiger partial charge in [-0.1, -0.05) is 13.8 Å². The number of hydrogen-bond acceptors (Lipinski definition) is 4. The van der Waals surface area contributed by atoms with Gasteiger partial charge in [0.05, 0.1) is 9.82 Å². The summed E-state index contributed by atoms with van der Waals surface area (Å²) in [6.45, 7) is 4.36. The van der Waals surface area contributed by atoms with Crippen molar-refractivity contribution in [2.24, 2.45) is 5.92 Å². The molecule has 1 rings (SSSR count). The SMILES string of the molecule is CC(C)CCNS(=O)(=O)c1ccc([N+](=O)[O-])cc1. The molecule has 100 valence electrons. The van der Waals surface area contributed by atoms with Crippen LogP contribution in [0, 0.1) is 16.0 Å². The number of nitrogens with one attached hydrogen (secondary N) is 1. The first-order valence-electron chi connectivity index (χ1n) is 5.57. The maximum absolute atomic E-state index is 11.8. The van der Waals surface area contributed by atoms with E-state index in [9.17, 15) is 18.5 Å². The molecule has 0 fully saturated rings. The molecule has 0 amide bonds. The van der Waals surface area contributed by atoms with Crippen LogP contribution in [0.25, 0.3) is 0 Å². The summed E-state index contributed by atoms with van der Waals surface area (Å²) in [4.78, 5) is 9.92. The molecule has 18 heavy (non-hydrogen) atoms. The lowest BCUT2D eigenvalue weighted by Gasteiger charge is -2.08. The molecule has 0 saturated heterocycles.